The molecule has 96 valence electrons. The fraction of sp³-hybridized carbons (Fsp3) is 1.00. The van der Waals surface area contributed by atoms with Crippen molar-refractivity contribution in [3.63, 3.8) is 0 Å². The predicted molar refractivity (Wildman–Crippen MR) is 71.9 cm³/mol. The SMILES string of the molecule is CCC1CCCN1C(C)CCCNC(C)C. The van der Waals surface area contributed by atoms with E-state index in [0.717, 1.165) is 12.1 Å². The van der Waals surface area contributed by atoms with Crippen LogP contribution in [0.2, 0.25) is 0 Å². The van der Waals surface area contributed by atoms with E-state index < -0.39 is 0 Å². The zero-order valence-electron chi connectivity index (χ0n) is 11.6. The Morgan fingerprint density at radius 1 is 1.31 bits per heavy atom. The van der Waals surface area contributed by atoms with Crippen LogP contribution >= 0.6 is 0 Å². The third-order valence-corrected chi connectivity index (χ3v) is 3.81. The van der Waals surface area contributed by atoms with Crippen LogP contribution in [0.4, 0.5) is 0 Å². The van der Waals surface area contributed by atoms with E-state index in [4.69, 9.17) is 0 Å². The Balaban J connectivity index is 2.16. The third kappa shape index (κ3) is 4.42. The Morgan fingerprint density at radius 2 is 2.06 bits per heavy atom. The van der Waals surface area contributed by atoms with Gasteiger partial charge in [-0.15, -0.1) is 0 Å². The van der Waals surface area contributed by atoms with Crippen LogP contribution in [-0.2, 0) is 0 Å². The van der Waals surface area contributed by atoms with Crippen molar-refractivity contribution < 1.29 is 0 Å². The Hall–Kier alpha value is -0.0800. The van der Waals surface area contributed by atoms with Crippen molar-refractivity contribution in [1.82, 2.24) is 10.2 Å². The molecule has 0 amide bonds. The molecule has 1 aliphatic heterocycles. The highest BCUT2D eigenvalue weighted by molar-refractivity contribution is 4.82. The summed E-state index contributed by atoms with van der Waals surface area (Å²) < 4.78 is 0. The first-order valence-electron chi connectivity index (χ1n) is 7.14. The highest BCUT2D eigenvalue weighted by Crippen LogP contribution is 2.23. The van der Waals surface area contributed by atoms with E-state index in [9.17, 15) is 0 Å². The maximum absolute atomic E-state index is 3.50. The first kappa shape index (κ1) is 14.0. The smallest absolute Gasteiger partial charge is 0.00959 e. The molecule has 0 aliphatic carbocycles. The summed E-state index contributed by atoms with van der Waals surface area (Å²) in [7, 11) is 0. The van der Waals surface area contributed by atoms with E-state index in [1.807, 2.05) is 0 Å². The lowest BCUT2D eigenvalue weighted by atomic mass is 10.1. The molecule has 0 saturated carbocycles. The topological polar surface area (TPSA) is 15.3 Å². The van der Waals surface area contributed by atoms with Crippen molar-refractivity contribution in [2.24, 2.45) is 0 Å². The minimum absolute atomic E-state index is 0.630. The van der Waals surface area contributed by atoms with Crippen molar-refractivity contribution in [1.29, 1.82) is 0 Å². The normalized spacial score (nSPS) is 24.2. The van der Waals surface area contributed by atoms with Crippen LogP contribution in [0.5, 0.6) is 0 Å². The summed E-state index contributed by atoms with van der Waals surface area (Å²) in [5.74, 6) is 0. The van der Waals surface area contributed by atoms with Gasteiger partial charge in [-0.3, -0.25) is 4.90 Å². The van der Waals surface area contributed by atoms with Crippen molar-refractivity contribution in [3.05, 3.63) is 0 Å². The van der Waals surface area contributed by atoms with Gasteiger partial charge in [-0.25, -0.2) is 0 Å². The molecule has 2 nitrogen and oxygen atoms in total. The van der Waals surface area contributed by atoms with Crippen LogP contribution in [-0.4, -0.2) is 36.1 Å². The minimum Gasteiger partial charge on any atom is -0.315 e. The zero-order chi connectivity index (χ0) is 12.0. The number of hydrogen-bond acceptors (Lipinski definition) is 2. The molecule has 1 saturated heterocycles. The molecule has 1 N–H and O–H groups in total. The van der Waals surface area contributed by atoms with E-state index in [-0.39, 0.29) is 0 Å². The molecular formula is C14H30N2. The number of nitrogens with one attached hydrogen (secondary N) is 1. The van der Waals surface area contributed by atoms with Crippen LogP contribution in [0.25, 0.3) is 0 Å². The van der Waals surface area contributed by atoms with Gasteiger partial charge in [0, 0.05) is 18.1 Å². The standard InChI is InChI=1S/C14H30N2/c1-5-14-9-7-11-16(14)13(4)8-6-10-15-12(2)3/h12-15H,5-11H2,1-4H3. The lowest BCUT2D eigenvalue weighted by Crippen LogP contribution is -2.37. The second-order valence-electron chi connectivity index (χ2n) is 5.54. The van der Waals surface area contributed by atoms with Gasteiger partial charge in [-0.05, 0) is 52.1 Å². The average Bonchev–Trinajstić information content (AvgIpc) is 2.71. The van der Waals surface area contributed by atoms with Gasteiger partial charge in [0.15, 0.2) is 0 Å². The van der Waals surface area contributed by atoms with E-state index in [2.05, 4.69) is 37.9 Å². The summed E-state index contributed by atoms with van der Waals surface area (Å²) >= 11 is 0. The monoisotopic (exact) mass is 226 g/mol. The van der Waals surface area contributed by atoms with Crippen LogP contribution in [0, 0.1) is 0 Å². The van der Waals surface area contributed by atoms with Crippen LogP contribution in [0.15, 0.2) is 0 Å². The zero-order valence-corrected chi connectivity index (χ0v) is 11.6. The van der Waals surface area contributed by atoms with E-state index in [1.165, 1.54) is 45.2 Å². The molecule has 0 aromatic heterocycles. The second kappa shape index (κ2) is 7.29. The Kier molecular flexibility index (Phi) is 6.37. The Labute approximate surface area is 102 Å². The van der Waals surface area contributed by atoms with Gasteiger partial charge in [-0.2, -0.15) is 0 Å². The summed E-state index contributed by atoms with van der Waals surface area (Å²) in [6.45, 7) is 11.7. The molecule has 0 aromatic carbocycles. The molecule has 0 bridgehead atoms. The van der Waals surface area contributed by atoms with Crippen molar-refractivity contribution in [2.45, 2.75) is 77.9 Å². The van der Waals surface area contributed by atoms with E-state index >= 15 is 0 Å². The van der Waals surface area contributed by atoms with Gasteiger partial charge in [0.1, 0.15) is 0 Å². The maximum atomic E-state index is 3.50. The van der Waals surface area contributed by atoms with Crippen LogP contribution in [0.3, 0.4) is 0 Å². The molecule has 1 heterocycles. The average molecular weight is 226 g/mol. The Bertz CT molecular complexity index is 180. The predicted octanol–water partition coefficient (Wildman–Crippen LogP) is 3.03. The number of hydrogen-bond donors (Lipinski definition) is 1. The molecule has 1 fully saturated rings. The number of rotatable bonds is 7. The van der Waals surface area contributed by atoms with Crippen molar-refractivity contribution >= 4 is 0 Å². The summed E-state index contributed by atoms with van der Waals surface area (Å²) in [6, 6.07) is 2.28. The highest BCUT2D eigenvalue weighted by atomic mass is 15.2. The van der Waals surface area contributed by atoms with Gasteiger partial charge in [-0.1, -0.05) is 20.8 Å². The molecule has 2 unspecified atom stereocenters. The van der Waals surface area contributed by atoms with Gasteiger partial charge in [0.2, 0.25) is 0 Å². The molecular weight excluding hydrogens is 196 g/mol. The highest BCUT2D eigenvalue weighted by Gasteiger charge is 2.26. The molecule has 0 radical (unpaired) electrons. The molecule has 16 heavy (non-hydrogen) atoms. The quantitative estimate of drug-likeness (QED) is 0.671. The van der Waals surface area contributed by atoms with E-state index in [1.54, 1.807) is 0 Å². The maximum Gasteiger partial charge on any atom is 0.00959 e. The molecule has 0 aromatic rings. The molecule has 1 rings (SSSR count). The fourth-order valence-electron chi connectivity index (χ4n) is 2.83. The fourth-order valence-corrected chi connectivity index (χ4v) is 2.83. The number of nitrogens with zero attached hydrogens (tertiary/aromatic N) is 1. The summed E-state index contributed by atoms with van der Waals surface area (Å²) in [4.78, 5) is 2.73. The first-order valence-corrected chi connectivity index (χ1v) is 7.14. The van der Waals surface area contributed by atoms with E-state index in [0.29, 0.717) is 6.04 Å². The van der Waals surface area contributed by atoms with Crippen LogP contribution in [0.1, 0.15) is 59.8 Å². The molecule has 2 heteroatoms. The largest absolute Gasteiger partial charge is 0.315 e. The van der Waals surface area contributed by atoms with Gasteiger partial charge >= 0.3 is 0 Å². The van der Waals surface area contributed by atoms with Gasteiger partial charge in [0.25, 0.3) is 0 Å². The summed E-state index contributed by atoms with van der Waals surface area (Å²) in [5.41, 5.74) is 0. The van der Waals surface area contributed by atoms with Crippen molar-refractivity contribution in [2.75, 3.05) is 13.1 Å². The Morgan fingerprint density at radius 3 is 2.69 bits per heavy atom. The second-order valence-corrected chi connectivity index (χ2v) is 5.54. The summed E-state index contributed by atoms with van der Waals surface area (Å²) in [5, 5.41) is 3.50. The molecule has 2 atom stereocenters. The first-order chi connectivity index (χ1) is 7.65. The van der Waals surface area contributed by atoms with Gasteiger partial charge in [0.05, 0.1) is 0 Å². The van der Waals surface area contributed by atoms with Gasteiger partial charge < -0.3 is 5.32 Å². The lowest BCUT2D eigenvalue weighted by Gasteiger charge is -2.30. The van der Waals surface area contributed by atoms with Crippen molar-refractivity contribution in [3.8, 4) is 0 Å². The van der Waals surface area contributed by atoms with Crippen LogP contribution < -0.4 is 5.32 Å². The minimum atomic E-state index is 0.630. The summed E-state index contributed by atoms with van der Waals surface area (Å²) in [6.07, 6.45) is 6.81. The molecule has 0 spiro atoms. The number of likely N-dealkylation sites (tertiary alicyclic amines) is 1. The molecule has 1 aliphatic rings. The third-order valence-electron chi connectivity index (χ3n) is 3.81. The lowest BCUT2D eigenvalue weighted by molar-refractivity contribution is 0.176.